The zero-order chi connectivity index (χ0) is 21.1. The van der Waals surface area contributed by atoms with E-state index in [0.29, 0.717) is 0 Å². The molecule has 7 rings (SSSR count). The van der Waals surface area contributed by atoms with Crippen LogP contribution in [-0.2, 0) is 26.5 Å². The van der Waals surface area contributed by atoms with Gasteiger partial charge in [0.05, 0.1) is 0 Å². The van der Waals surface area contributed by atoms with Crippen LogP contribution in [0.2, 0.25) is 0 Å². The monoisotopic (exact) mass is 619 g/mol. The van der Waals surface area contributed by atoms with Crippen LogP contribution in [0, 0.1) is 6.07 Å². The van der Waals surface area contributed by atoms with Gasteiger partial charge in [-0.3, -0.25) is 0 Å². The Hall–Kier alpha value is -2.85. The van der Waals surface area contributed by atoms with Crippen LogP contribution in [0.1, 0.15) is 22.3 Å². The van der Waals surface area contributed by atoms with Crippen molar-refractivity contribution < 1.29 is 21.1 Å². The number of fused-ring (bicyclic) bond motifs is 9. The Kier molecular flexibility index (Phi) is 4.95. The molecule has 0 bridgehead atoms. The minimum absolute atomic E-state index is 0. The van der Waals surface area contributed by atoms with E-state index in [-0.39, 0.29) is 26.5 Å². The number of pyridine rings is 1. The zero-order valence-corrected chi connectivity index (χ0v) is 20.8. The molecule has 0 saturated carbocycles. The van der Waals surface area contributed by atoms with Crippen LogP contribution in [0.5, 0.6) is 0 Å². The molecule has 0 unspecified atom stereocenters. The van der Waals surface area contributed by atoms with Gasteiger partial charge >= 0.3 is 0 Å². The van der Waals surface area contributed by atoms with Gasteiger partial charge in [0.2, 0.25) is 0 Å². The predicted octanol–water partition coefficient (Wildman–Crippen LogP) is 5.31. The van der Waals surface area contributed by atoms with Gasteiger partial charge in [-0.2, -0.15) is 0 Å². The predicted molar refractivity (Wildman–Crippen MR) is 133 cm³/mol. The summed E-state index contributed by atoms with van der Waals surface area (Å²) in [6, 6.07) is 43.4. The minimum atomic E-state index is -0.650. The van der Waals surface area contributed by atoms with E-state index in [1.807, 2.05) is 12.3 Å². The topological polar surface area (TPSA) is 12.9 Å². The van der Waals surface area contributed by atoms with Crippen LogP contribution < -0.4 is 15.9 Å². The number of hydrogen-bond donors (Lipinski definition) is 0. The van der Waals surface area contributed by atoms with Crippen molar-refractivity contribution in [2.24, 2.45) is 0 Å². The molecule has 1 aromatic heterocycles. The fourth-order valence-electron chi connectivity index (χ4n) is 5.68. The third-order valence-electron chi connectivity index (χ3n) is 6.82. The van der Waals surface area contributed by atoms with Crippen molar-refractivity contribution in [3.05, 3.63) is 144 Å². The van der Waals surface area contributed by atoms with Gasteiger partial charge < -0.3 is 4.98 Å². The van der Waals surface area contributed by atoms with E-state index in [0.717, 1.165) is 11.3 Å². The third-order valence-corrected chi connectivity index (χ3v) is 9.38. The quantitative estimate of drug-likeness (QED) is 0.179. The second-order valence-electron chi connectivity index (χ2n) is 8.31. The Balaban J connectivity index is 0.00000206. The van der Waals surface area contributed by atoms with E-state index < -0.39 is 7.92 Å². The average Bonchev–Trinajstić information content (AvgIpc) is 3.16. The fraction of sp³-hybridized carbons (Fsp3) is 0.0333. The Morgan fingerprint density at radius 1 is 0.606 bits per heavy atom. The normalized spacial score (nSPS) is 19.1. The standard InChI is InChI=1S/C30H19NP.Pt/c1-2-11-21(12-3-1)32-27-18-8-6-15-24(27)30(25-16-7-9-19-28(25)32)23-14-5-4-13-22(23)29-26(30)17-10-20-31-29;/h1-12,14-20H;/q-1;. The zero-order valence-electron chi connectivity index (χ0n) is 17.7. The largest absolute Gasteiger partial charge is 0.304 e. The molecular formula is C30H19NPPt-. The van der Waals surface area contributed by atoms with Crippen molar-refractivity contribution in [2.75, 3.05) is 0 Å². The van der Waals surface area contributed by atoms with Crippen LogP contribution in [0.15, 0.2) is 115 Å². The van der Waals surface area contributed by atoms with Gasteiger partial charge in [-0.1, -0.05) is 90.5 Å². The van der Waals surface area contributed by atoms with Gasteiger partial charge in [0, 0.05) is 32.7 Å². The second-order valence-corrected chi connectivity index (χ2v) is 10.5. The van der Waals surface area contributed by atoms with Crippen molar-refractivity contribution >= 4 is 23.8 Å². The number of rotatable bonds is 1. The summed E-state index contributed by atoms with van der Waals surface area (Å²) >= 11 is 0. The maximum atomic E-state index is 4.85. The van der Waals surface area contributed by atoms with E-state index in [9.17, 15) is 0 Å². The number of hydrogen-bond acceptors (Lipinski definition) is 1. The summed E-state index contributed by atoms with van der Waals surface area (Å²) in [7, 11) is -0.650. The van der Waals surface area contributed by atoms with E-state index in [2.05, 4.69) is 109 Å². The van der Waals surface area contributed by atoms with Crippen LogP contribution in [0.4, 0.5) is 0 Å². The molecule has 0 atom stereocenters. The molecule has 0 saturated heterocycles. The van der Waals surface area contributed by atoms with E-state index in [1.165, 1.54) is 38.2 Å². The molecule has 160 valence electrons. The fourth-order valence-corrected chi connectivity index (χ4v) is 8.40. The molecule has 4 aromatic carbocycles. The Morgan fingerprint density at radius 3 is 1.94 bits per heavy atom. The number of nitrogens with zero attached hydrogens (tertiary/aromatic N) is 1. The molecule has 2 heterocycles. The second kappa shape index (κ2) is 7.88. The summed E-state index contributed by atoms with van der Waals surface area (Å²) in [6.45, 7) is 0. The molecule has 33 heavy (non-hydrogen) atoms. The van der Waals surface area contributed by atoms with Gasteiger partial charge in [0.25, 0.3) is 0 Å². The Labute approximate surface area is 209 Å². The first-order valence-corrected chi connectivity index (χ1v) is 12.3. The average molecular weight is 620 g/mol. The molecule has 0 fully saturated rings. The van der Waals surface area contributed by atoms with E-state index in [4.69, 9.17) is 4.98 Å². The molecule has 1 nitrogen and oxygen atoms in total. The van der Waals surface area contributed by atoms with Crippen LogP contribution in [-0.4, -0.2) is 4.98 Å². The smallest absolute Gasteiger partial charge is 0.0314 e. The first kappa shape index (κ1) is 20.7. The van der Waals surface area contributed by atoms with Crippen molar-refractivity contribution in [3.63, 3.8) is 0 Å². The summed E-state index contributed by atoms with van der Waals surface area (Å²) in [5.74, 6) is 0. The summed E-state index contributed by atoms with van der Waals surface area (Å²) in [5, 5.41) is 4.25. The molecule has 1 aliphatic heterocycles. The van der Waals surface area contributed by atoms with Crippen LogP contribution in [0.25, 0.3) is 11.3 Å². The van der Waals surface area contributed by atoms with Gasteiger partial charge in [0.15, 0.2) is 0 Å². The number of aromatic nitrogens is 1. The van der Waals surface area contributed by atoms with Crippen molar-refractivity contribution in [1.29, 1.82) is 0 Å². The summed E-state index contributed by atoms with van der Waals surface area (Å²) in [5.41, 5.74) is 7.12. The Morgan fingerprint density at radius 2 is 1.21 bits per heavy atom. The van der Waals surface area contributed by atoms with Crippen molar-refractivity contribution in [2.45, 2.75) is 5.41 Å². The van der Waals surface area contributed by atoms with Gasteiger partial charge in [-0.15, -0.1) is 35.4 Å². The maximum Gasteiger partial charge on any atom is 0.0314 e. The molecule has 5 aromatic rings. The molecule has 0 N–H and O–H groups in total. The SMILES string of the molecule is [Pt].[c-]1cccc2c1-c1ncccc1C21c2ccccc2P(c2ccccc2)c2ccccc21. The van der Waals surface area contributed by atoms with Crippen molar-refractivity contribution in [3.8, 4) is 11.3 Å². The van der Waals surface area contributed by atoms with E-state index in [1.54, 1.807) is 0 Å². The van der Waals surface area contributed by atoms with Crippen molar-refractivity contribution in [1.82, 2.24) is 4.98 Å². The summed E-state index contributed by atoms with van der Waals surface area (Å²) in [6.07, 6.45) is 1.90. The van der Waals surface area contributed by atoms with Crippen LogP contribution in [0.3, 0.4) is 0 Å². The van der Waals surface area contributed by atoms with Gasteiger partial charge in [0.1, 0.15) is 0 Å². The molecule has 1 aliphatic carbocycles. The Bertz CT molecular complexity index is 1400. The van der Waals surface area contributed by atoms with Gasteiger partial charge in [-0.05, 0) is 46.7 Å². The summed E-state index contributed by atoms with van der Waals surface area (Å²) in [4.78, 5) is 4.85. The molecular weight excluding hydrogens is 600 g/mol. The molecule has 0 radical (unpaired) electrons. The first-order chi connectivity index (χ1) is 15.9. The molecule has 1 spiro atoms. The maximum absolute atomic E-state index is 4.85. The van der Waals surface area contributed by atoms with Crippen LogP contribution >= 0.6 is 7.92 Å². The number of benzene rings is 4. The first-order valence-electron chi connectivity index (χ1n) is 10.9. The minimum Gasteiger partial charge on any atom is -0.304 e. The summed E-state index contributed by atoms with van der Waals surface area (Å²) < 4.78 is 0. The third kappa shape index (κ3) is 2.70. The molecule has 0 amide bonds. The molecule has 2 aliphatic rings. The molecule has 3 heteroatoms. The van der Waals surface area contributed by atoms with Gasteiger partial charge in [-0.25, -0.2) is 0 Å². The van der Waals surface area contributed by atoms with E-state index >= 15 is 0 Å².